The van der Waals surface area contributed by atoms with Crippen molar-refractivity contribution >= 4 is 0 Å². The summed E-state index contributed by atoms with van der Waals surface area (Å²) in [7, 11) is 0. The third-order valence-electron chi connectivity index (χ3n) is 4.26. The molecule has 0 aliphatic heterocycles. The highest BCUT2D eigenvalue weighted by Crippen LogP contribution is 2.25. The molecule has 0 amide bonds. The van der Waals surface area contributed by atoms with Crippen molar-refractivity contribution in [2.75, 3.05) is 26.3 Å². The standard InChI is InChI=1S/C16H33NO3/c1-13-4-6-15(7-5-13)20-11-14(19)10-17-12-16(2,3)8-9-18/h13-15,17-19H,4-12H2,1-3H3. The summed E-state index contributed by atoms with van der Waals surface area (Å²) in [5.41, 5.74) is 0.0643. The van der Waals surface area contributed by atoms with Crippen LogP contribution in [0.25, 0.3) is 0 Å². The normalized spacial score (nSPS) is 25.6. The molecule has 1 saturated carbocycles. The van der Waals surface area contributed by atoms with E-state index in [0.717, 1.165) is 31.7 Å². The van der Waals surface area contributed by atoms with Crippen LogP contribution in [-0.4, -0.2) is 48.7 Å². The maximum absolute atomic E-state index is 9.92. The molecule has 1 fully saturated rings. The number of nitrogens with one attached hydrogen (secondary N) is 1. The molecule has 0 radical (unpaired) electrons. The Morgan fingerprint density at radius 2 is 1.90 bits per heavy atom. The number of aliphatic hydroxyl groups excluding tert-OH is 2. The van der Waals surface area contributed by atoms with E-state index >= 15 is 0 Å². The third-order valence-corrected chi connectivity index (χ3v) is 4.26. The monoisotopic (exact) mass is 287 g/mol. The molecule has 4 heteroatoms. The van der Waals surface area contributed by atoms with Gasteiger partial charge in [0.25, 0.3) is 0 Å². The minimum absolute atomic E-state index is 0.0643. The van der Waals surface area contributed by atoms with E-state index in [4.69, 9.17) is 9.84 Å². The van der Waals surface area contributed by atoms with Gasteiger partial charge in [-0.05, 0) is 43.4 Å². The average molecular weight is 287 g/mol. The second kappa shape index (κ2) is 8.98. The van der Waals surface area contributed by atoms with Crippen molar-refractivity contribution < 1.29 is 14.9 Å². The van der Waals surface area contributed by atoms with Gasteiger partial charge in [0.1, 0.15) is 0 Å². The van der Waals surface area contributed by atoms with Crippen molar-refractivity contribution in [1.29, 1.82) is 0 Å². The fraction of sp³-hybridized carbons (Fsp3) is 1.00. The van der Waals surface area contributed by atoms with Crippen LogP contribution in [0, 0.1) is 11.3 Å². The van der Waals surface area contributed by atoms with Crippen LogP contribution >= 0.6 is 0 Å². The summed E-state index contributed by atoms with van der Waals surface area (Å²) in [6, 6.07) is 0. The summed E-state index contributed by atoms with van der Waals surface area (Å²) in [4.78, 5) is 0. The Morgan fingerprint density at radius 3 is 2.50 bits per heavy atom. The van der Waals surface area contributed by atoms with Crippen LogP contribution in [0.1, 0.15) is 52.9 Å². The smallest absolute Gasteiger partial charge is 0.0897 e. The average Bonchev–Trinajstić information content (AvgIpc) is 2.37. The quantitative estimate of drug-likeness (QED) is 0.606. The summed E-state index contributed by atoms with van der Waals surface area (Å²) in [5.74, 6) is 0.829. The van der Waals surface area contributed by atoms with E-state index in [-0.39, 0.29) is 12.0 Å². The lowest BCUT2D eigenvalue weighted by molar-refractivity contribution is -0.0282. The number of aliphatic hydroxyl groups is 2. The molecule has 4 nitrogen and oxygen atoms in total. The first kappa shape index (κ1) is 17.9. The molecule has 0 aromatic rings. The Labute approximate surface area is 123 Å². The predicted octanol–water partition coefficient (Wildman–Crippen LogP) is 1.94. The molecule has 1 aliphatic rings. The molecule has 1 unspecified atom stereocenters. The maximum atomic E-state index is 9.92. The van der Waals surface area contributed by atoms with Crippen LogP contribution in [0.5, 0.6) is 0 Å². The lowest BCUT2D eigenvalue weighted by Gasteiger charge is -2.28. The highest BCUT2D eigenvalue weighted by Gasteiger charge is 2.20. The summed E-state index contributed by atoms with van der Waals surface area (Å²) in [6.07, 6.45) is 5.41. The van der Waals surface area contributed by atoms with Crippen LogP contribution in [0.3, 0.4) is 0 Å². The van der Waals surface area contributed by atoms with Crippen LogP contribution < -0.4 is 5.32 Å². The largest absolute Gasteiger partial charge is 0.396 e. The Hall–Kier alpha value is -0.160. The van der Waals surface area contributed by atoms with E-state index in [9.17, 15) is 5.11 Å². The molecular formula is C16H33NO3. The fourth-order valence-electron chi connectivity index (χ4n) is 2.67. The second-order valence-electron chi connectivity index (χ2n) is 7.14. The first-order valence-electron chi connectivity index (χ1n) is 8.04. The molecule has 0 bridgehead atoms. The number of ether oxygens (including phenoxy) is 1. The Bertz CT molecular complexity index is 250. The molecule has 0 aromatic heterocycles. The molecule has 20 heavy (non-hydrogen) atoms. The first-order chi connectivity index (χ1) is 9.43. The van der Waals surface area contributed by atoms with Crippen molar-refractivity contribution in [2.24, 2.45) is 11.3 Å². The zero-order chi connectivity index (χ0) is 15.0. The van der Waals surface area contributed by atoms with E-state index in [1.54, 1.807) is 0 Å². The molecule has 0 aromatic carbocycles. The van der Waals surface area contributed by atoms with E-state index in [1.165, 1.54) is 12.8 Å². The van der Waals surface area contributed by atoms with Gasteiger partial charge in [0, 0.05) is 19.7 Å². The van der Waals surface area contributed by atoms with Gasteiger partial charge in [-0.2, -0.15) is 0 Å². The van der Waals surface area contributed by atoms with Crippen LogP contribution in [0.4, 0.5) is 0 Å². The van der Waals surface area contributed by atoms with Crippen molar-refractivity contribution in [3.63, 3.8) is 0 Å². The highest BCUT2D eigenvalue weighted by atomic mass is 16.5. The number of rotatable bonds is 9. The second-order valence-corrected chi connectivity index (χ2v) is 7.14. The molecule has 1 atom stereocenters. The van der Waals surface area contributed by atoms with Gasteiger partial charge in [-0.25, -0.2) is 0 Å². The van der Waals surface area contributed by atoms with Gasteiger partial charge in [-0.15, -0.1) is 0 Å². The first-order valence-corrected chi connectivity index (χ1v) is 8.04. The molecular weight excluding hydrogens is 254 g/mol. The maximum Gasteiger partial charge on any atom is 0.0897 e. The summed E-state index contributed by atoms with van der Waals surface area (Å²) < 4.78 is 5.79. The molecule has 0 spiro atoms. The number of hydrogen-bond donors (Lipinski definition) is 3. The van der Waals surface area contributed by atoms with Gasteiger partial charge >= 0.3 is 0 Å². The van der Waals surface area contributed by atoms with Gasteiger partial charge in [0.05, 0.1) is 18.8 Å². The predicted molar refractivity (Wildman–Crippen MR) is 81.7 cm³/mol. The van der Waals surface area contributed by atoms with Gasteiger partial charge in [-0.3, -0.25) is 0 Å². The Morgan fingerprint density at radius 1 is 1.25 bits per heavy atom. The topological polar surface area (TPSA) is 61.7 Å². The molecule has 0 heterocycles. The molecule has 1 rings (SSSR count). The summed E-state index contributed by atoms with van der Waals surface area (Å²) in [6.45, 7) is 8.50. The zero-order valence-electron chi connectivity index (χ0n) is 13.4. The molecule has 0 saturated heterocycles. The SMILES string of the molecule is CC1CCC(OCC(O)CNCC(C)(C)CCO)CC1. The molecule has 1 aliphatic carbocycles. The summed E-state index contributed by atoms with van der Waals surface area (Å²) in [5, 5.41) is 22.1. The molecule has 120 valence electrons. The van der Waals surface area contributed by atoms with Gasteiger partial charge in [0.15, 0.2) is 0 Å². The van der Waals surface area contributed by atoms with Crippen molar-refractivity contribution in [3.05, 3.63) is 0 Å². The zero-order valence-corrected chi connectivity index (χ0v) is 13.4. The molecule has 3 N–H and O–H groups in total. The van der Waals surface area contributed by atoms with Gasteiger partial charge in [-0.1, -0.05) is 20.8 Å². The van der Waals surface area contributed by atoms with Crippen LogP contribution in [-0.2, 0) is 4.74 Å². The van der Waals surface area contributed by atoms with E-state index < -0.39 is 6.10 Å². The van der Waals surface area contributed by atoms with Crippen molar-refractivity contribution in [1.82, 2.24) is 5.32 Å². The van der Waals surface area contributed by atoms with Crippen LogP contribution in [0.2, 0.25) is 0 Å². The lowest BCUT2D eigenvalue weighted by atomic mass is 9.89. The van der Waals surface area contributed by atoms with E-state index in [2.05, 4.69) is 26.1 Å². The summed E-state index contributed by atoms with van der Waals surface area (Å²) >= 11 is 0. The Kier molecular flexibility index (Phi) is 8.03. The minimum atomic E-state index is -0.445. The number of hydrogen-bond acceptors (Lipinski definition) is 4. The Balaban J connectivity index is 2.07. The minimum Gasteiger partial charge on any atom is -0.396 e. The van der Waals surface area contributed by atoms with Gasteiger partial charge in [0.2, 0.25) is 0 Å². The van der Waals surface area contributed by atoms with Crippen LogP contribution in [0.15, 0.2) is 0 Å². The lowest BCUT2D eigenvalue weighted by Crippen LogP contribution is -2.37. The van der Waals surface area contributed by atoms with Crippen molar-refractivity contribution in [3.8, 4) is 0 Å². The third kappa shape index (κ3) is 7.58. The fourth-order valence-corrected chi connectivity index (χ4v) is 2.67. The highest BCUT2D eigenvalue weighted by molar-refractivity contribution is 4.73. The van der Waals surface area contributed by atoms with E-state index in [1.807, 2.05) is 0 Å². The van der Waals surface area contributed by atoms with Gasteiger partial charge < -0.3 is 20.3 Å². The van der Waals surface area contributed by atoms with Crippen molar-refractivity contribution in [2.45, 2.75) is 65.1 Å². The van der Waals surface area contributed by atoms with E-state index in [0.29, 0.717) is 19.3 Å².